The predicted molar refractivity (Wildman–Crippen MR) is 105 cm³/mol. The van der Waals surface area contributed by atoms with Gasteiger partial charge in [-0.3, -0.25) is 9.78 Å². The van der Waals surface area contributed by atoms with Crippen LogP contribution in [0.25, 0.3) is 0 Å². The zero-order valence-electron chi connectivity index (χ0n) is 16.0. The predicted octanol–water partition coefficient (Wildman–Crippen LogP) is 3.71. The third-order valence-corrected chi connectivity index (χ3v) is 5.57. The van der Waals surface area contributed by atoms with Crippen molar-refractivity contribution >= 4 is 17.5 Å². The van der Waals surface area contributed by atoms with E-state index in [9.17, 15) is 9.90 Å². The Bertz CT molecular complexity index is 832. The van der Waals surface area contributed by atoms with Crippen LogP contribution in [0.2, 0.25) is 5.02 Å². The van der Waals surface area contributed by atoms with Crippen LogP contribution in [-0.2, 0) is 0 Å². The molecule has 1 fully saturated rings. The minimum absolute atomic E-state index is 0.124. The number of aliphatic hydroxyl groups is 1. The molecule has 0 bridgehead atoms. The first-order chi connectivity index (χ1) is 12.8. The molecule has 0 saturated carbocycles. The third kappa shape index (κ3) is 4.42. The van der Waals surface area contributed by atoms with Gasteiger partial charge in [-0.2, -0.15) is 0 Å². The summed E-state index contributed by atoms with van der Waals surface area (Å²) < 4.78 is 5.86. The van der Waals surface area contributed by atoms with Crippen LogP contribution in [0.4, 0.5) is 0 Å². The van der Waals surface area contributed by atoms with Crippen molar-refractivity contribution in [3.63, 3.8) is 0 Å². The number of aromatic nitrogens is 1. The molecular formula is C21H25ClN2O3. The number of ether oxygens (including phenoxy) is 1. The summed E-state index contributed by atoms with van der Waals surface area (Å²) in [6.45, 7) is 6.67. The summed E-state index contributed by atoms with van der Waals surface area (Å²) in [5, 5.41) is 11.7. The molecule has 27 heavy (non-hydrogen) atoms. The second-order valence-corrected chi connectivity index (χ2v) is 7.76. The SMILES string of the molecule is Cc1cccnc1C(=O)N1CCCC(O)(COc2cc(C)c(Cl)c(C)c2)C1. The molecule has 1 saturated heterocycles. The minimum Gasteiger partial charge on any atom is -0.491 e. The number of amides is 1. The van der Waals surface area contributed by atoms with E-state index < -0.39 is 5.60 Å². The summed E-state index contributed by atoms with van der Waals surface area (Å²) in [4.78, 5) is 18.7. The smallest absolute Gasteiger partial charge is 0.272 e. The number of carbonyl (C=O) groups is 1. The summed E-state index contributed by atoms with van der Waals surface area (Å²) in [5.74, 6) is 0.524. The van der Waals surface area contributed by atoms with Gasteiger partial charge in [0.2, 0.25) is 0 Å². The molecule has 2 aromatic rings. The number of hydrogen-bond acceptors (Lipinski definition) is 4. The Labute approximate surface area is 164 Å². The first kappa shape index (κ1) is 19.6. The lowest BCUT2D eigenvalue weighted by Crippen LogP contribution is -2.53. The second kappa shape index (κ2) is 7.87. The van der Waals surface area contributed by atoms with Crippen molar-refractivity contribution < 1.29 is 14.6 Å². The molecule has 1 amide bonds. The van der Waals surface area contributed by atoms with Gasteiger partial charge in [-0.05, 0) is 68.5 Å². The molecular weight excluding hydrogens is 364 g/mol. The van der Waals surface area contributed by atoms with Crippen molar-refractivity contribution in [1.29, 1.82) is 0 Å². The summed E-state index contributed by atoms with van der Waals surface area (Å²) in [7, 11) is 0. The summed E-state index contributed by atoms with van der Waals surface area (Å²) >= 11 is 6.20. The Balaban J connectivity index is 1.69. The van der Waals surface area contributed by atoms with Gasteiger partial charge in [0.25, 0.3) is 5.91 Å². The molecule has 0 radical (unpaired) electrons. The Morgan fingerprint density at radius 2 is 2.00 bits per heavy atom. The molecule has 1 unspecified atom stereocenters. The molecule has 3 rings (SSSR count). The molecule has 1 aromatic heterocycles. The number of hydrogen-bond donors (Lipinski definition) is 1. The molecule has 1 aromatic carbocycles. The average Bonchev–Trinajstić information content (AvgIpc) is 2.64. The number of piperidine rings is 1. The quantitative estimate of drug-likeness (QED) is 0.867. The van der Waals surface area contributed by atoms with Gasteiger partial charge < -0.3 is 14.7 Å². The largest absolute Gasteiger partial charge is 0.491 e. The second-order valence-electron chi connectivity index (χ2n) is 7.38. The van der Waals surface area contributed by atoms with Crippen molar-refractivity contribution in [3.05, 3.63) is 57.9 Å². The van der Waals surface area contributed by atoms with Gasteiger partial charge in [-0.15, -0.1) is 0 Å². The molecule has 2 heterocycles. The maximum Gasteiger partial charge on any atom is 0.272 e. The number of benzene rings is 1. The van der Waals surface area contributed by atoms with Crippen molar-refractivity contribution in [2.24, 2.45) is 0 Å². The maximum absolute atomic E-state index is 12.8. The fraction of sp³-hybridized carbons (Fsp3) is 0.429. The van der Waals surface area contributed by atoms with Crippen LogP contribution in [0.15, 0.2) is 30.5 Å². The molecule has 1 atom stereocenters. The number of carbonyl (C=O) groups excluding carboxylic acids is 1. The Morgan fingerprint density at radius 3 is 2.67 bits per heavy atom. The highest BCUT2D eigenvalue weighted by Gasteiger charge is 2.37. The number of rotatable bonds is 4. The van der Waals surface area contributed by atoms with Gasteiger partial charge in [0, 0.05) is 17.8 Å². The van der Waals surface area contributed by atoms with Crippen molar-refractivity contribution in [2.45, 2.75) is 39.2 Å². The lowest BCUT2D eigenvalue weighted by atomic mass is 9.93. The lowest BCUT2D eigenvalue weighted by molar-refractivity contribution is -0.0533. The van der Waals surface area contributed by atoms with Crippen LogP contribution in [0, 0.1) is 20.8 Å². The lowest BCUT2D eigenvalue weighted by Gasteiger charge is -2.39. The number of β-amino-alcohol motifs (C(OH)–C–C–N with tert-alkyl or cyclic N) is 1. The maximum atomic E-state index is 12.8. The highest BCUT2D eigenvalue weighted by molar-refractivity contribution is 6.32. The van der Waals surface area contributed by atoms with Crippen LogP contribution >= 0.6 is 11.6 Å². The summed E-state index contributed by atoms with van der Waals surface area (Å²) in [6.07, 6.45) is 2.92. The fourth-order valence-corrected chi connectivity index (χ4v) is 3.58. The van der Waals surface area contributed by atoms with Gasteiger partial charge >= 0.3 is 0 Å². The zero-order chi connectivity index (χ0) is 19.6. The van der Waals surface area contributed by atoms with Crippen molar-refractivity contribution in [1.82, 2.24) is 9.88 Å². The number of likely N-dealkylation sites (tertiary alicyclic amines) is 1. The fourth-order valence-electron chi connectivity index (χ4n) is 3.47. The molecule has 1 aliphatic rings. The molecule has 0 spiro atoms. The normalized spacial score (nSPS) is 19.8. The Morgan fingerprint density at radius 1 is 1.30 bits per heavy atom. The summed E-state index contributed by atoms with van der Waals surface area (Å²) in [5.41, 5.74) is 2.05. The van der Waals surface area contributed by atoms with Gasteiger partial charge in [-0.1, -0.05) is 17.7 Å². The van der Waals surface area contributed by atoms with E-state index in [0.717, 1.165) is 28.1 Å². The molecule has 1 N–H and O–H groups in total. The number of nitrogens with zero attached hydrogens (tertiary/aromatic N) is 2. The van der Waals surface area contributed by atoms with E-state index in [1.807, 2.05) is 45.0 Å². The molecule has 6 heteroatoms. The molecule has 1 aliphatic heterocycles. The van der Waals surface area contributed by atoms with Crippen LogP contribution in [0.5, 0.6) is 5.75 Å². The highest BCUT2D eigenvalue weighted by Crippen LogP contribution is 2.28. The van der Waals surface area contributed by atoms with Gasteiger partial charge in [0.05, 0.1) is 6.54 Å². The number of pyridine rings is 1. The Kier molecular flexibility index (Phi) is 5.72. The van der Waals surface area contributed by atoms with Crippen LogP contribution in [0.1, 0.15) is 40.0 Å². The van der Waals surface area contributed by atoms with Crippen LogP contribution < -0.4 is 4.74 Å². The Hall–Kier alpha value is -2.11. The van der Waals surface area contributed by atoms with Crippen molar-refractivity contribution in [3.8, 4) is 5.75 Å². The standard InChI is InChI=1S/C21H25ClN2O3/c1-14-6-4-8-23-19(14)20(25)24-9-5-7-21(26,12-24)13-27-17-10-15(2)18(22)16(3)11-17/h4,6,8,10-11,26H,5,7,9,12-13H2,1-3H3. The number of halogens is 1. The minimum atomic E-state index is -1.09. The average molecular weight is 389 g/mol. The number of aryl methyl sites for hydroxylation is 3. The first-order valence-corrected chi connectivity index (χ1v) is 9.50. The van der Waals surface area contributed by atoms with Crippen LogP contribution in [0.3, 0.4) is 0 Å². The van der Waals surface area contributed by atoms with Gasteiger partial charge in [0.15, 0.2) is 0 Å². The van der Waals surface area contributed by atoms with Gasteiger partial charge in [0.1, 0.15) is 23.7 Å². The zero-order valence-corrected chi connectivity index (χ0v) is 16.7. The monoisotopic (exact) mass is 388 g/mol. The highest BCUT2D eigenvalue weighted by atomic mass is 35.5. The topological polar surface area (TPSA) is 62.7 Å². The van der Waals surface area contributed by atoms with E-state index in [1.165, 1.54) is 0 Å². The van der Waals surface area contributed by atoms with E-state index in [-0.39, 0.29) is 19.1 Å². The first-order valence-electron chi connectivity index (χ1n) is 9.12. The van der Waals surface area contributed by atoms with E-state index in [0.29, 0.717) is 24.4 Å². The summed E-state index contributed by atoms with van der Waals surface area (Å²) in [6, 6.07) is 7.40. The van der Waals surface area contributed by atoms with Crippen LogP contribution in [-0.4, -0.2) is 46.2 Å². The van der Waals surface area contributed by atoms with Gasteiger partial charge in [-0.25, -0.2) is 0 Å². The van der Waals surface area contributed by atoms with E-state index in [4.69, 9.17) is 16.3 Å². The van der Waals surface area contributed by atoms with E-state index in [1.54, 1.807) is 11.1 Å². The van der Waals surface area contributed by atoms with Crippen molar-refractivity contribution in [2.75, 3.05) is 19.7 Å². The van der Waals surface area contributed by atoms with E-state index >= 15 is 0 Å². The molecule has 5 nitrogen and oxygen atoms in total. The van der Waals surface area contributed by atoms with E-state index in [2.05, 4.69) is 4.98 Å². The third-order valence-electron chi connectivity index (χ3n) is 4.97. The molecule has 144 valence electrons. The molecule has 0 aliphatic carbocycles.